The summed E-state index contributed by atoms with van der Waals surface area (Å²) >= 11 is 0. The molecule has 0 N–H and O–H groups in total. The third kappa shape index (κ3) is 2.42. The molecule has 0 spiro atoms. The van der Waals surface area contributed by atoms with Crippen LogP contribution in [-0.4, -0.2) is 16.3 Å². The predicted molar refractivity (Wildman–Crippen MR) is 163 cm³/mol. The van der Waals surface area contributed by atoms with E-state index in [-0.39, 0.29) is 6.71 Å². The number of hydrogen-bond donors (Lipinski definition) is 0. The van der Waals surface area contributed by atoms with Gasteiger partial charge in [-0.2, -0.15) is 0 Å². The molecule has 5 heteroatoms. The van der Waals surface area contributed by atoms with E-state index in [1.54, 1.807) is 0 Å². The normalized spacial score (nSPS) is 13.6. The fourth-order valence-electron chi connectivity index (χ4n) is 7.29. The summed E-state index contributed by atoms with van der Waals surface area (Å²) in [6.45, 7) is 0.0864. The van der Waals surface area contributed by atoms with Crippen LogP contribution < -0.4 is 26.0 Å². The van der Waals surface area contributed by atoms with Crippen LogP contribution in [0, 0.1) is 0 Å². The average Bonchev–Trinajstić information content (AvgIpc) is 3.36. The number of aromatic nitrogens is 2. The topological polar surface area (TPSA) is 30.3 Å². The monoisotopic (exact) mass is 509 g/mol. The highest BCUT2D eigenvalue weighted by Gasteiger charge is 2.45. The van der Waals surface area contributed by atoms with Gasteiger partial charge < -0.3 is 14.2 Å². The average molecular weight is 509 g/mol. The Morgan fingerprint density at radius 2 is 1.40 bits per heavy atom. The Balaban J connectivity index is 1.43. The van der Waals surface area contributed by atoms with Crippen molar-refractivity contribution in [2.24, 2.45) is 0 Å². The first-order valence-corrected chi connectivity index (χ1v) is 13.7. The van der Waals surface area contributed by atoms with Crippen molar-refractivity contribution in [3.63, 3.8) is 0 Å². The number of nitrogens with zero attached hydrogens (tertiary/aromatic N) is 3. The quantitative estimate of drug-likeness (QED) is 0.235. The molecule has 5 heterocycles. The van der Waals surface area contributed by atoms with Crippen molar-refractivity contribution < 1.29 is 4.74 Å². The third-order valence-corrected chi connectivity index (χ3v) is 8.80. The minimum atomic E-state index is 0.0864. The van der Waals surface area contributed by atoms with Crippen LogP contribution in [0.4, 0.5) is 17.1 Å². The van der Waals surface area contributed by atoms with Gasteiger partial charge in [0, 0.05) is 39.4 Å². The number of fused-ring (bicyclic) bond motifs is 9. The molecular formula is C35H20BN3O. The molecule has 10 rings (SSSR count). The first-order chi connectivity index (χ1) is 19.9. The Kier molecular flexibility index (Phi) is 3.73. The highest BCUT2D eigenvalue weighted by atomic mass is 16.5. The summed E-state index contributed by atoms with van der Waals surface area (Å²) in [6, 6.07) is 41.3. The molecule has 0 unspecified atom stereocenters. The van der Waals surface area contributed by atoms with E-state index < -0.39 is 0 Å². The van der Waals surface area contributed by atoms with Crippen LogP contribution in [0.5, 0.6) is 11.5 Å². The summed E-state index contributed by atoms with van der Waals surface area (Å²) in [6.07, 6.45) is 1.87. The molecule has 0 amide bonds. The van der Waals surface area contributed by atoms with Crippen molar-refractivity contribution in [1.82, 2.24) is 9.55 Å². The van der Waals surface area contributed by atoms with Gasteiger partial charge in [-0.05, 0) is 64.9 Å². The second-order valence-corrected chi connectivity index (χ2v) is 10.8. The van der Waals surface area contributed by atoms with E-state index in [1.807, 2.05) is 18.3 Å². The summed E-state index contributed by atoms with van der Waals surface area (Å²) in [4.78, 5) is 7.19. The third-order valence-electron chi connectivity index (χ3n) is 8.80. The Morgan fingerprint density at radius 1 is 0.625 bits per heavy atom. The van der Waals surface area contributed by atoms with Gasteiger partial charge in [0.25, 0.3) is 6.71 Å². The van der Waals surface area contributed by atoms with Gasteiger partial charge in [0.2, 0.25) is 0 Å². The van der Waals surface area contributed by atoms with Gasteiger partial charge in [-0.15, -0.1) is 0 Å². The Labute approximate surface area is 230 Å². The molecule has 40 heavy (non-hydrogen) atoms. The number of benzene rings is 5. The number of anilines is 3. The zero-order valence-corrected chi connectivity index (χ0v) is 21.4. The van der Waals surface area contributed by atoms with Crippen LogP contribution in [-0.2, 0) is 0 Å². The lowest BCUT2D eigenvalue weighted by molar-refractivity contribution is 0.477. The molecule has 0 atom stereocenters. The SMILES string of the molecule is c1ccc(-c2cc3c4c(c2)-n2c5ccccc5c5cccc(c52)B4c2cccc4c2N3c2ccccc2O4)nc1. The van der Waals surface area contributed by atoms with E-state index in [0.717, 1.165) is 34.1 Å². The smallest absolute Gasteiger partial charge is 0.252 e. The van der Waals surface area contributed by atoms with E-state index >= 15 is 0 Å². The maximum Gasteiger partial charge on any atom is 0.252 e. The van der Waals surface area contributed by atoms with Crippen LogP contribution >= 0.6 is 0 Å². The molecule has 7 aromatic rings. The molecule has 0 bridgehead atoms. The van der Waals surface area contributed by atoms with Gasteiger partial charge in [0.15, 0.2) is 11.5 Å². The summed E-state index contributed by atoms with van der Waals surface area (Å²) in [7, 11) is 0. The van der Waals surface area contributed by atoms with Gasteiger partial charge in [0.05, 0.1) is 22.6 Å². The van der Waals surface area contributed by atoms with E-state index in [9.17, 15) is 0 Å². The minimum Gasteiger partial charge on any atom is -0.453 e. The van der Waals surface area contributed by atoms with Gasteiger partial charge in [-0.1, -0.05) is 66.7 Å². The Morgan fingerprint density at radius 3 is 2.35 bits per heavy atom. The lowest BCUT2D eigenvalue weighted by Gasteiger charge is -2.43. The summed E-state index contributed by atoms with van der Waals surface area (Å²) in [5.41, 5.74) is 13.1. The number of pyridine rings is 1. The lowest BCUT2D eigenvalue weighted by atomic mass is 9.33. The lowest BCUT2D eigenvalue weighted by Crippen LogP contribution is -2.60. The molecule has 2 aromatic heterocycles. The van der Waals surface area contributed by atoms with Crippen LogP contribution in [0.3, 0.4) is 0 Å². The largest absolute Gasteiger partial charge is 0.453 e. The molecule has 0 aliphatic carbocycles. The number of hydrogen-bond acceptors (Lipinski definition) is 3. The van der Waals surface area contributed by atoms with E-state index in [2.05, 4.69) is 113 Å². The summed E-state index contributed by atoms with van der Waals surface area (Å²) in [5, 5.41) is 2.57. The Bertz CT molecular complexity index is 2220. The van der Waals surface area contributed by atoms with Crippen molar-refractivity contribution in [2.45, 2.75) is 0 Å². The maximum absolute atomic E-state index is 6.53. The van der Waals surface area contributed by atoms with Crippen molar-refractivity contribution in [3.8, 4) is 28.4 Å². The first kappa shape index (κ1) is 20.6. The van der Waals surface area contributed by atoms with Gasteiger partial charge in [-0.25, -0.2) is 0 Å². The first-order valence-electron chi connectivity index (χ1n) is 13.7. The number of para-hydroxylation sites is 5. The highest BCUT2D eigenvalue weighted by Crippen LogP contribution is 2.52. The summed E-state index contributed by atoms with van der Waals surface area (Å²) < 4.78 is 9.02. The molecule has 184 valence electrons. The molecule has 0 fully saturated rings. The molecule has 0 saturated heterocycles. The zero-order chi connectivity index (χ0) is 25.9. The molecule has 3 aliphatic heterocycles. The molecule has 0 radical (unpaired) electrons. The second kappa shape index (κ2) is 7.22. The predicted octanol–water partition coefficient (Wildman–Crippen LogP) is 6.56. The fourth-order valence-corrected chi connectivity index (χ4v) is 7.29. The molecule has 4 nitrogen and oxygen atoms in total. The number of ether oxygens (including phenoxy) is 1. The van der Waals surface area contributed by atoms with Crippen molar-refractivity contribution >= 4 is 62.0 Å². The standard InChI is InChI=1S/C35H20BN3O/c1-2-14-27-22(9-1)23-10-7-11-24-34(23)38(27)29-19-21(26-13-5-6-18-37-26)20-30-33(29)36(24)25-12-8-17-32-35(25)39(30)28-15-3-4-16-31(28)40-32/h1-20H. The van der Waals surface area contributed by atoms with Crippen molar-refractivity contribution in [2.75, 3.05) is 4.90 Å². The Hall–Kier alpha value is -5.29. The highest BCUT2D eigenvalue weighted by molar-refractivity contribution is 7.00. The van der Waals surface area contributed by atoms with E-state index in [1.165, 1.54) is 49.6 Å². The van der Waals surface area contributed by atoms with E-state index in [0.29, 0.717) is 0 Å². The second-order valence-electron chi connectivity index (χ2n) is 10.8. The van der Waals surface area contributed by atoms with Gasteiger partial charge in [0.1, 0.15) is 0 Å². The van der Waals surface area contributed by atoms with Crippen molar-refractivity contribution in [1.29, 1.82) is 0 Å². The van der Waals surface area contributed by atoms with Crippen molar-refractivity contribution in [3.05, 3.63) is 121 Å². The maximum atomic E-state index is 6.53. The van der Waals surface area contributed by atoms with Crippen LogP contribution in [0.25, 0.3) is 38.8 Å². The van der Waals surface area contributed by atoms with Gasteiger partial charge >= 0.3 is 0 Å². The summed E-state index contributed by atoms with van der Waals surface area (Å²) in [5.74, 6) is 1.76. The minimum absolute atomic E-state index is 0.0864. The molecule has 0 saturated carbocycles. The molecule has 5 aromatic carbocycles. The van der Waals surface area contributed by atoms with E-state index in [4.69, 9.17) is 9.72 Å². The fraction of sp³-hybridized carbons (Fsp3) is 0. The molecular weight excluding hydrogens is 489 g/mol. The van der Waals surface area contributed by atoms with Crippen LogP contribution in [0.1, 0.15) is 0 Å². The van der Waals surface area contributed by atoms with Crippen LogP contribution in [0.2, 0.25) is 0 Å². The number of rotatable bonds is 1. The zero-order valence-electron chi connectivity index (χ0n) is 21.4. The molecule has 3 aliphatic rings. The van der Waals surface area contributed by atoms with Gasteiger partial charge in [-0.3, -0.25) is 4.98 Å². The van der Waals surface area contributed by atoms with Crippen LogP contribution in [0.15, 0.2) is 121 Å².